The van der Waals surface area contributed by atoms with E-state index in [1.54, 1.807) is 24.3 Å². The number of allylic oxidation sites excluding steroid dienone is 20. The Morgan fingerprint density at radius 2 is 0.552 bits per heavy atom. The van der Waals surface area contributed by atoms with Crippen molar-refractivity contribution in [2.24, 2.45) is 0 Å². The summed E-state index contributed by atoms with van der Waals surface area (Å²) in [7, 11) is 4.23. The molecule has 0 atom stereocenters. The molecule has 2 aliphatic heterocycles. The van der Waals surface area contributed by atoms with Crippen LogP contribution < -0.4 is 9.80 Å². The first kappa shape index (κ1) is 47.5. The Morgan fingerprint density at radius 1 is 0.310 bits per heavy atom. The normalized spacial score (nSPS) is 18.3. The van der Waals surface area contributed by atoms with Crippen LogP contribution in [0.3, 0.4) is 0 Å². The van der Waals surface area contributed by atoms with Crippen LogP contribution in [0.5, 0.6) is 0 Å². The highest BCUT2D eigenvalue weighted by Crippen LogP contribution is 2.25. The number of unbranched alkanes of at least 4 members (excludes halogenated alkanes) is 20. The van der Waals surface area contributed by atoms with Gasteiger partial charge in [-0.25, -0.2) is 0 Å². The number of rotatable bonds is 31. The molecule has 4 rings (SSSR count). The average Bonchev–Trinajstić information content (AvgIpc) is 3.25. The Hall–Kier alpha value is -3.16. The van der Waals surface area contributed by atoms with E-state index in [2.05, 4.69) is 95.0 Å². The molecule has 0 saturated heterocycles. The molecule has 2 heterocycles. The minimum Gasteiger partial charge on any atom is -0.290 e. The quantitative estimate of drug-likeness (QED) is 0.0540. The van der Waals surface area contributed by atoms with Crippen molar-refractivity contribution in [1.29, 1.82) is 0 Å². The van der Waals surface area contributed by atoms with Crippen LogP contribution in [0.4, 0.5) is 0 Å². The van der Waals surface area contributed by atoms with Crippen molar-refractivity contribution < 1.29 is 19.4 Å². The highest BCUT2D eigenvalue weighted by molar-refractivity contribution is 8.76. The van der Waals surface area contributed by atoms with Crippen molar-refractivity contribution in [1.82, 2.24) is 0 Å². The Labute approximate surface area is 361 Å². The second kappa shape index (κ2) is 31.7. The second-order valence-corrected chi connectivity index (χ2v) is 18.9. The van der Waals surface area contributed by atoms with E-state index in [-0.39, 0.29) is 11.6 Å². The van der Waals surface area contributed by atoms with Crippen molar-refractivity contribution in [3.05, 3.63) is 144 Å². The molecular formula is C52H74N2O2S2+2. The molecule has 314 valence electrons. The molecule has 2 aliphatic carbocycles. The van der Waals surface area contributed by atoms with Gasteiger partial charge in [0.2, 0.25) is 0 Å². The number of carbonyl (C=O) groups is 2. The van der Waals surface area contributed by atoms with Crippen molar-refractivity contribution >= 4 is 33.2 Å². The summed E-state index contributed by atoms with van der Waals surface area (Å²) in [5.41, 5.74) is 4.52. The van der Waals surface area contributed by atoms with Crippen LogP contribution in [0.25, 0.3) is 0 Å². The lowest BCUT2D eigenvalue weighted by atomic mass is 10.1. The highest BCUT2D eigenvalue weighted by Gasteiger charge is 2.08. The maximum Gasteiger partial charge on any atom is 0.178 e. The van der Waals surface area contributed by atoms with Crippen LogP contribution >= 0.6 is 21.6 Å². The smallest absolute Gasteiger partial charge is 0.178 e. The second-order valence-electron chi connectivity index (χ2n) is 16.2. The summed E-state index contributed by atoms with van der Waals surface area (Å²) in [5, 5.41) is 0. The van der Waals surface area contributed by atoms with E-state index < -0.39 is 0 Å². The van der Waals surface area contributed by atoms with Gasteiger partial charge in [0.25, 0.3) is 0 Å². The molecule has 0 aromatic rings. The zero-order valence-electron chi connectivity index (χ0n) is 35.6. The molecule has 2 N–H and O–H groups in total. The van der Waals surface area contributed by atoms with Gasteiger partial charge in [-0.05, 0) is 109 Å². The molecule has 0 amide bonds. The molecule has 0 aromatic carbocycles. The summed E-state index contributed by atoms with van der Waals surface area (Å²) in [5.74, 6) is 2.78. The van der Waals surface area contributed by atoms with Crippen LogP contribution in [0.15, 0.2) is 144 Å². The fourth-order valence-electron chi connectivity index (χ4n) is 7.41. The van der Waals surface area contributed by atoms with Crippen molar-refractivity contribution in [2.45, 2.75) is 141 Å². The molecular weight excluding hydrogens is 749 g/mol. The molecule has 4 nitrogen and oxygen atoms in total. The van der Waals surface area contributed by atoms with E-state index in [4.69, 9.17) is 0 Å². The molecule has 58 heavy (non-hydrogen) atoms. The van der Waals surface area contributed by atoms with Gasteiger partial charge in [-0.3, -0.25) is 19.4 Å². The number of hydrogen-bond donors (Lipinski definition) is 2. The summed E-state index contributed by atoms with van der Waals surface area (Å²) >= 11 is 0. The van der Waals surface area contributed by atoms with Gasteiger partial charge in [0.1, 0.15) is 0 Å². The Bertz CT molecular complexity index is 1410. The molecule has 6 heteroatoms. The van der Waals surface area contributed by atoms with Crippen molar-refractivity contribution in [2.75, 3.05) is 24.6 Å². The number of nitrogens with one attached hydrogen (secondary N) is 2. The predicted molar refractivity (Wildman–Crippen MR) is 254 cm³/mol. The number of quaternary nitrogens is 2. The monoisotopic (exact) mass is 823 g/mol. The van der Waals surface area contributed by atoms with Gasteiger partial charge in [-0.1, -0.05) is 173 Å². The third-order valence-corrected chi connectivity index (χ3v) is 13.7. The summed E-state index contributed by atoms with van der Waals surface area (Å²) < 4.78 is 0. The Balaban J connectivity index is 0.795. The lowest BCUT2D eigenvalue weighted by molar-refractivity contribution is -0.791. The molecule has 0 spiro atoms. The third-order valence-electron chi connectivity index (χ3n) is 11.1. The first-order valence-electron chi connectivity index (χ1n) is 23.0. The van der Waals surface area contributed by atoms with Crippen LogP contribution in [0.2, 0.25) is 0 Å². The van der Waals surface area contributed by atoms with Crippen molar-refractivity contribution in [3.63, 3.8) is 0 Å². The van der Waals surface area contributed by atoms with Crippen LogP contribution in [0.1, 0.15) is 141 Å². The summed E-state index contributed by atoms with van der Waals surface area (Å²) in [6.45, 7) is 2.35. The van der Waals surface area contributed by atoms with E-state index in [9.17, 15) is 9.59 Å². The van der Waals surface area contributed by atoms with Gasteiger partial charge in [0, 0.05) is 11.5 Å². The summed E-state index contributed by atoms with van der Waals surface area (Å²) in [6.07, 6.45) is 70.8. The molecule has 0 fully saturated rings. The number of carbonyl (C=O) groups excluding carboxylic acids is 2. The van der Waals surface area contributed by atoms with Crippen LogP contribution in [-0.4, -0.2) is 36.2 Å². The first-order valence-corrected chi connectivity index (χ1v) is 25.5. The fraction of sp³-hybridized carbons (Fsp3) is 0.500. The van der Waals surface area contributed by atoms with Gasteiger partial charge >= 0.3 is 0 Å². The van der Waals surface area contributed by atoms with Crippen LogP contribution in [0, 0.1) is 0 Å². The summed E-state index contributed by atoms with van der Waals surface area (Å²) in [4.78, 5) is 25.4. The Kier molecular flexibility index (Phi) is 26.0. The van der Waals surface area contributed by atoms with Gasteiger partial charge in [-0.2, -0.15) is 0 Å². The zero-order valence-corrected chi connectivity index (χ0v) is 37.2. The lowest BCUT2D eigenvalue weighted by Gasteiger charge is -2.12. The summed E-state index contributed by atoms with van der Waals surface area (Å²) in [6, 6.07) is 0. The fourth-order valence-corrected chi connectivity index (χ4v) is 9.71. The van der Waals surface area contributed by atoms with E-state index in [1.165, 1.54) is 187 Å². The Morgan fingerprint density at radius 3 is 0.845 bits per heavy atom. The van der Waals surface area contributed by atoms with E-state index >= 15 is 0 Å². The molecule has 0 aromatic heterocycles. The van der Waals surface area contributed by atoms with E-state index in [1.807, 2.05) is 24.3 Å². The third kappa shape index (κ3) is 23.4. The maximum atomic E-state index is 11.2. The van der Waals surface area contributed by atoms with Crippen LogP contribution in [-0.2, 0) is 9.59 Å². The molecule has 0 radical (unpaired) electrons. The van der Waals surface area contributed by atoms with Gasteiger partial charge in [0.15, 0.2) is 11.6 Å². The molecule has 0 unspecified atom stereocenters. The average molecular weight is 823 g/mol. The van der Waals surface area contributed by atoms with Crippen molar-refractivity contribution in [3.8, 4) is 0 Å². The minimum absolute atomic E-state index is 0.0578. The van der Waals surface area contributed by atoms with Gasteiger partial charge in [-0.15, -0.1) is 0 Å². The maximum absolute atomic E-state index is 11.2. The van der Waals surface area contributed by atoms with Gasteiger partial charge < -0.3 is 0 Å². The standard InChI is InChI=1S/C52H72N2O2S2/c55-51-31-27-47(28-32-51)23-25-49-35-41-53(42-36-49)39-19-15-11-7-3-1-5-9-13-17-21-45-57-58-46-22-18-14-10-6-2-4-8-12-16-20-40-54-43-37-50(38-44-54)26-24-48-29-33-52(56)34-30-48/h23-38,41-44H,1-22,39-40,45-46H2/p+2. The predicted octanol–water partition coefficient (Wildman–Crippen LogP) is 11.9. The highest BCUT2D eigenvalue weighted by atomic mass is 33.1. The number of ketones is 2. The largest absolute Gasteiger partial charge is 0.290 e. The molecule has 0 saturated carbocycles. The van der Waals surface area contributed by atoms with E-state index in [0.717, 1.165) is 11.1 Å². The first-order chi connectivity index (χ1) is 28.6. The van der Waals surface area contributed by atoms with Gasteiger partial charge in [0.05, 0.1) is 37.9 Å². The molecule has 4 aliphatic rings. The topological polar surface area (TPSA) is 43.0 Å². The zero-order chi connectivity index (χ0) is 40.6. The van der Waals surface area contributed by atoms with E-state index in [0.29, 0.717) is 0 Å². The number of hydrogen-bond acceptors (Lipinski definition) is 4. The molecule has 0 bridgehead atoms. The lowest BCUT2D eigenvalue weighted by Crippen LogP contribution is -3.03. The SMILES string of the molecule is O=C1C=CC(=CC=C2C=C[NH+](CCCCCCCCCCCCCSSCCCCCCCCCCCCC[NH+]3C=CC(=CC=C4C=CC(=O)C=C4)C=C3)C=C2)C=C1. The minimum atomic E-state index is 0.0578.